The third-order valence-corrected chi connectivity index (χ3v) is 5.68. The summed E-state index contributed by atoms with van der Waals surface area (Å²) in [6.07, 6.45) is 6.48. The number of ketones is 1. The van der Waals surface area contributed by atoms with Crippen LogP contribution in [0.15, 0.2) is 72.8 Å². The van der Waals surface area contributed by atoms with Crippen molar-refractivity contribution < 1.29 is 19.4 Å². The van der Waals surface area contributed by atoms with E-state index in [9.17, 15) is 14.7 Å². The van der Waals surface area contributed by atoms with Crippen molar-refractivity contribution in [1.29, 1.82) is 0 Å². The van der Waals surface area contributed by atoms with Crippen molar-refractivity contribution in [3.05, 3.63) is 95.1 Å². The lowest BCUT2D eigenvalue weighted by Gasteiger charge is -2.25. The first-order valence-electron chi connectivity index (χ1n) is 11.2. The second-order valence-corrected chi connectivity index (χ2v) is 8.75. The summed E-state index contributed by atoms with van der Waals surface area (Å²) in [6, 6.07) is 11.6. The van der Waals surface area contributed by atoms with Gasteiger partial charge in [0.25, 0.3) is 11.7 Å². The molecule has 0 spiro atoms. The molecule has 34 heavy (non-hydrogen) atoms. The van der Waals surface area contributed by atoms with Crippen molar-refractivity contribution in [3.8, 4) is 5.75 Å². The monoisotopic (exact) mass is 457 g/mol. The van der Waals surface area contributed by atoms with Gasteiger partial charge in [-0.3, -0.25) is 19.6 Å². The van der Waals surface area contributed by atoms with Crippen LogP contribution in [0.4, 0.5) is 0 Å². The Morgan fingerprint density at radius 2 is 1.68 bits per heavy atom. The number of carbonyl (C=O) groups excluding carboxylic acids is 2. The Kier molecular flexibility index (Phi) is 6.72. The molecule has 2 aromatic heterocycles. The molecule has 7 nitrogen and oxygen atoms in total. The Balaban J connectivity index is 1.77. The molecule has 1 aliphatic rings. The Morgan fingerprint density at radius 1 is 1.03 bits per heavy atom. The maximum Gasteiger partial charge on any atom is 0.295 e. The van der Waals surface area contributed by atoms with Crippen molar-refractivity contribution in [3.63, 3.8) is 0 Å². The first kappa shape index (κ1) is 23.2. The van der Waals surface area contributed by atoms with Gasteiger partial charge in [0.15, 0.2) is 0 Å². The largest absolute Gasteiger partial charge is 0.507 e. The summed E-state index contributed by atoms with van der Waals surface area (Å²) in [7, 11) is 0. The number of pyridine rings is 2. The molecule has 4 rings (SSSR count). The maximum atomic E-state index is 13.2. The summed E-state index contributed by atoms with van der Waals surface area (Å²) in [5.74, 6) is -0.492. The van der Waals surface area contributed by atoms with E-state index in [4.69, 9.17) is 4.74 Å². The van der Waals surface area contributed by atoms with Gasteiger partial charge in [-0.1, -0.05) is 13.8 Å². The minimum Gasteiger partial charge on any atom is -0.507 e. The van der Waals surface area contributed by atoms with Crippen molar-refractivity contribution in [2.24, 2.45) is 5.92 Å². The van der Waals surface area contributed by atoms with Crippen LogP contribution in [-0.4, -0.2) is 38.3 Å². The van der Waals surface area contributed by atoms with Crippen molar-refractivity contribution >= 4 is 17.4 Å². The molecule has 174 valence electrons. The lowest BCUT2D eigenvalue weighted by molar-refractivity contribution is -0.140. The van der Waals surface area contributed by atoms with E-state index in [1.54, 1.807) is 67.3 Å². The molecular formula is C27H27N3O4. The normalized spacial score (nSPS) is 17.4. The minimum absolute atomic E-state index is 0.0560. The van der Waals surface area contributed by atoms with Crippen LogP contribution < -0.4 is 4.74 Å². The summed E-state index contributed by atoms with van der Waals surface area (Å²) >= 11 is 0. The molecule has 3 heterocycles. The Labute approximate surface area is 198 Å². The predicted molar refractivity (Wildman–Crippen MR) is 128 cm³/mol. The fraction of sp³-hybridized carbons (Fsp3) is 0.259. The second kappa shape index (κ2) is 9.87. The number of aromatic nitrogens is 2. The summed E-state index contributed by atoms with van der Waals surface area (Å²) < 4.78 is 5.83. The Bertz CT molecular complexity index is 1220. The molecule has 1 N–H and O–H groups in total. The highest BCUT2D eigenvalue weighted by Crippen LogP contribution is 2.40. The highest BCUT2D eigenvalue weighted by molar-refractivity contribution is 6.46. The standard InChI is InChI=1S/C27H27N3O4/c1-17(2)16-34-22-5-4-21(14-18(22)3)25(31)23-24(20-8-12-29-13-9-20)30(27(33)26(23)32)15-19-6-10-28-11-7-19/h4-14,17,24,31H,15-16H2,1-3H3/b25-23-. The van der Waals surface area contributed by atoms with E-state index >= 15 is 0 Å². The average Bonchev–Trinajstić information content (AvgIpc) is 3.09. The molecule has 1 aromatic carbocycles. The van der Waals surface area contributed by atoms with Gasteiger partial charge in [0.1, 0.15) is 11.5 Å². The number of likely N-dealkylation sites (tertiary alicyclic amines) is 1. The number of rotatable bonds is 7. The molecule has 1 fully saturated rings. The van der Waals surface area contributed by atoms with Gasteiger partial charge >= 0.3 is 0 Å². The topological polar surface area (TPSA) is 92.6 Å². The number of carbonyl (C=O) groups is 2. The molecule has 0 bridgehead atoms. The number of benzene rings is 1. The smallest absolute Gasteiger partial charge is 0.295 e. The highest BCUT2D eigenvalue weighted by atomic mass is 16.5. The molecule has 0 saturated carbocycles. The molecule has 1 aliphatic heterocycles. The molecule has 1 amide bonds. The lowest BCUT2D eigenvalue weighted by Crippen LogP contribution is -2.29. The number of amides is 1. The van der Waals surface area contributed by atoms with Gasteiger partial charge in [0.05, 0.1) is 18.2 Å². The lowest BCUT2D eigenvalue weighted by atomic mass is 9.95. The van der Waals surface area contributed by atoms with Gasteiger partial charge in [-0.2, -0.15) is 0 Å². The van der Waals surface area contributed by atoms with E-state index in [-0.39, 0.29) is 17.9 Å². The molecule has 3 aromatic rings. The second-order valence-electron chi connectivity index (χ2n) is 8.75. The van der Waals surface area contributed by atoms with E-state index in [2.05, 4.69) is 23.8 Å². The number of hydrogen-bond acceptors (Lipinski definition) is 6. The number of aryl methyl sites for hydroxylation is 1. The van der Waals surface area contributed by atoms with Crippen LogP contribution in [0.25, 0.3) is 5.76 Å². The van der Waals surface area contributed by atoms with Gasteiger partial charge < -0.3 is 14.7 Å². The highest BCUT2D eigenvalue weighted by Gasteiger charge is 2.46. The third-order valence-electron chi connectivity index (χ3n) is 5.68. The van der Waals surface area contributed by atoms with Gasteiger partial charge in [0, 0.05) is 36.9 Å². The van der Waals surface area contributed by atoms with Crippen LogP contribution in [-0.2, 0) is 16.1 Å². The summed E-state index contributed by atoms with van der Waals surface area (Å²) in [5, 5.41) is 11.3. The zero-order valence-corrected chi connectivity index (χ0v) is 19.4. The maximum absolute atomic E-state index is 13.2. The SMILES string of the molecule is Cc1cc(/C(O)=C2/C(=O)C(=O)N(Cc3ccncc3)C2c2ccncc2)ccc1OCC(C)C. The van der Waals surface area contributed by atoms with Crippen molar-refractivity contribution in [1.82, 2.24) is 14.9 Å². The minimum atomic E-state index is -0.742. The zero-order valence-electron chi connectivity index (χ0n) is 19.4. The van der Waals surface area contributed by atoms with E-state index in [0.717, 1.165) is 11.1 Å². The van der Waals surface area contributed by atoms with E-state index in [1.165, 1.54) is 4.90 Å². The van der Waals surface area contributed by atoms with Crippen LogP contribution >= 0.6 is 0 Å². The number of hydrogen-bond donors (Lipinski definition) is 1. The van der Waals surface area contributed by atoms with Gasteiger partial charge in [-0.05, 0) is 72.0 Å². The number of aliphatic hydroxyl groups excluding tert-OH is 1. The molecule has 1 saturated heterocycles. The summed E-state index contributed by atoms with van der Waals surface area (Å²) in [5.41, 5.74) is 2.86. The van der Waals surface area contributed by atoms with Gasteiger partial charge in [0.2, 0.25) is 0 Å². The molecule has 7 heteroatoms. The van der Waals surface area contributed by atoms with Crippen LogP contribution in [0, 0.1) is 12.8 Å². The Morgan fingerprint density at radius 3 is 2.29 bits per heavy atom. The van der Waals surface area contributed by atoms with E-state index < -0.39 is 17.7 Å². The van der Waals surface area contributed by atoms with Crippen LogP contribution in [0.2, 0.25) is 0 Å². The zero-order chi connectivity index (χ0) is 24.2. The molecule has 0 radical (unpaired) electrons. The van der Waals surface area contributed by atoms with Crippen molar-refractivity contribution in [2.45, 2.75) is 33.4 Å². The van der Waals surface area contributed by atoms with Gasteiger partial charge in [-0.15, -0.1) is 0 Å². The van der Waals surface area contributed by atoms with Crippen LogP contribution in [0.3, 0.4) is 0 Å². The molecular weight excluding hydrogens is 430 g/mol. The molecule has 1 atom stereocenters. The predicted octanol–water partition coefficient (Wildman–Crippen LogP) is 4.44. The average molecular weight is 458 g/mol. The Hall–Kier alpha value is -4.00. The first-order chi connectivity index (χ1) is 16.4. The van der Waals surface area contributed by atoms with E-state index in [1.807, 2.05) is 6.92 Å². The molecule has 1 unspecified atom stereocenters. The van der Waals surface area contributed by atoms with Gasteiger partial charge in [-0.25, -0.2) is 0 Å². The fourth-order valence-corrected chi connectivity index (χ4v) is 3.99. The van der Waals surface area contributed by atoms with Crippen molar-refractivity contribution in [2.75, 3.05) is 6.61 Å². The summed E-state index contributed by atoms with van der Waals surface area (Å²) in [4.78, 5) is 35.8. The van der Waals surface area contributed by atoms with E-state index in [0.29, 0.717) is 29.4 Å². The third kappa shape index (κ3) is 4.69. The number of nitrogens with zero attached hydrogens (tertiary/aromatic N) is 3. The fourth-order valence-electron chi connectivity index (χ4n) is 3.99. The number of Topliss-reactive ketones (excluding diaryl/α,β-unsaturated/α-hetero) is 1. The quantitative estimate of drug-likeness (QED) is 0.320. The number of ether oxygens (including phenoxy) is 1. The number of aliphatic hydroxyl groups is 1. The van der Waals surface area contributed by atoms with Crippen LogP contribution in [0.1, 0.15) is 42.1 Å². The first-order valence-corrected chi connectivity index (χ1v) is 11.2. The summed E-state index contributed by atoms with van der Waals surface area (Å²) in [6.45, 7) is 6.81. The van der Waals surface area contributed by atoms with Crippen LogP contribution in [0.5, 0.6) is 5.75 Å². The molecule has 0 aliphatic carbocycles.